The third kappa shape index (κ3) is 4.66. The summed E-state index contributed by atoms with van der Waals surface area (Å²) in [4.78, 5) is 8.28. The van der Waals surface area contributed by atoms with Crippen LogP contribution in [0.1, 0.15) is 5.56 Å². The van der Waals surface area contributed by atoms with Crippen LogP contribution in [0.5, 0.6) is 0 Å². The molecule has 0 aliphatic carbocycles. The molecular weight excluding hydrogens is 358 g/mol. The Kier molecular flexibility index (Phi) is 5.72. The minimum atomic E-state index is -0.183. The third-order valence-electron chi connectivity index (χ3n) is 3.60. The van der Waals surface area contributed by atoms with Crippen LogP contribution >= 0.6 is 12.2 Å². The van der Waals surface area contributed by atoms with Crippen LogP contribution in [0.2, 0.25) is 0 Å². The molecule has 0 radical (unpaired) electrons. The Hall–Kier alpha value is -3.76. The first-order chi connectivity index (χ1) is 13.2. The van der Waals surface area contributed by atoms with Crippen LogP contribution in [0.4, 0.5) is 17.2 Å². The van der Waals surface area contributed by atoms with Crippen LogP contribution < -0.4 is 10.6 Å². The highest BCUT2D eigenvalue weighted by atomic mass is 32.1. The lowest BCUT2D eigenvalue weighted by atomic mass is 10.1. The number of aromatic nitrogens is 2. The fourth-order valence-corrected chi connectivity index (χ4v) is 2.55. The van der Waals surface area contributed by atoms with Gasteiger partial charge in [0.1, 0.15) is 28.2 Å². The van der Waals surface area contributed by atoms with Gasteiger partial charge in [0, 0.05) is 29.3 Å². The van der Waals surface area contributed by atoms with Crippen molar-refractivity contribution in [3.63, 3.8) is 0 Å². The lowest BCUT2D eigenvalue weighted by molar-refractivity contribution is 0.510. The summed E-state index contributed by atoms with van der Waals surface area (Å²) in [5, 5.41) is 26.0. The van der Waals surface area contributed by atoms with E-state index in [0.29, 0.717) is 11.4 Å². The maximum atomic E-state index is 10.5. The van der Waals surface area contributed by atoms with E-state index in [-0.39, 0.29) is 16.3 Å². The molecule has 0 aliphatic heterocycles. The number of rotatable bonds is 5. The molecule has 7 heteroatoms. The van der Waals surface area contributed by atoms with Crippen molar-refractivity contribution in [1.29, 1.82) is 5.26 Å². The summed E-state index contributed by atoms with van der Waals surface area (Å²) >= 11 is 5.27. The summed E-state index contributed by atoms with van der Waals surface area (Å²) in [6.07, 6.45) is 4.78. The van der Waals surface area contributed by atoms with Crippen molar-refractivity contribution in [1.82, 2.24) is 9.97 Å². The number of nitrogens with zero attached hydrogens (tertiary/aromatic N) is 3. The Balaban J connectivity index is 1.78. The van der Waals surface area contributed by atoms with Gasteiger partial charge in [0.15, 0.2) is 0 Å². The predicted molar refractivity (Wildman–Crippen MR) is 110 cm³/mol. The van der Waals surface area contributed by atoms with Gasteiger partial charge in [-0.2, -0.15) is 5.26 Å². The number of hydrogen-bond donors (Lipinski definition) is 3. The average Bonchev–Trinajstić information content (AvgIpc) is 2.70. The number of nitriles is 1. The maximum Gasteiger partial charge on any atom is 0.148 e. The molecule has 0 unspecified atom stereocenters. The Morgan fingerprint density at radius 3 is 2.37 bits per heavy atom. The minimum Gasteiger partial charge on any atom is -0.506 e. The monoisotopic (exact) mass is 373 g/mol. The molecular formula is C20H15N5OS. The second-order valence-corrected chi connectivity index (χ2v) is 5.86. The number of nitrogens with one attached hydrogen (secondary N) is 2. The molecule has 1 heterocycles. The molecule has 0 atom stereocenters. The first kappa shape index (κ1) is 18.0. The first-order valence-electron chi connectivity index (χ1n) is 8.00. The zero-order valence-corrected chi connectivity index (χ0v) is 14.9. The molecule has 3 rings (SSSR count). The zero-order chi connectivity index (χ0) is 19.1. The number of thiocarbonyl (C=S) groups is 1. The number of para-hydroxylation sites is 1. The van der Waals surface area contributed by atoms with E-state index in [0.717, 1.165) is 11.4 Å². The Morgan fingerprint density at radius 1 is 1.00 bits per heavy atom. The van der Waals surface area contributed by atoms with Crippen LogP contribution in [0.3, 0.4) is 0 Å². The first-order valence-corrected chi connectivity index (χ1v) is 8.41. The van der Waals surface area contributed by atoms with Gasteiger partial charge in [-0.15, -0.1) is 0 Å². The molecule has 132 valence electrons. The Morgan fingerprint density at radius 2 is 1.74 bits per heavy atom. The van der Waals surface area contributed by atoms with E-state index < -0.39 is 0 Å². The van der Waals surface area contributed by atoms with Gasteiger partial charge in [-0.05, 0) is 36.4 Å². The number of aliphatic hydroxyl groups is 1. The van der Waals surface area contributed by atoms with Crippen LogP contribution in [-0.4, -0.2) is 20.1 Å². The topological polar surface area (TPSA) is 93.9 Å². The molecule has 27 heavy (non-hydrogen) atoms. The zero-order valence-electron chi connectivity index (χ0n) is 14.1. The van der Waals surface area contributed by atoms with E-state index in [1.807, 2.05) is 36.4 Å². The molecule has 0 aliphatic rings. The Bertz CT molecular complexity index is 996. The van der Waals surface area contributed by atoms with Gasteiger partial charge in [0.2, 0.25) is 0 Å². The second-order valence-electron chi connectivity index (χ2n) is 5.45. The largest absolute Gasteiger partial charge is 0.506 e. The van der Waals surface area contributed by atoms with Gasteiger partial charge in [-0.1, -0.05) is 30.4 Å². The number of anilines is 3. The molecule has 1 aromatic heterocycles. The van der Waals surface area contributed by atoms with Crippen LogP contribution in [-0.2, 0) is 0 Å². The van der Waals surface area contributed by atoms with E-state index in [1.54, 1.807) is 42.9 Å². The summed E-state index contributed by atoms with van der Waals surface area (Å²) < 4.78 is 0. The highest BCUT2D eigenvalue weighted by Gasteiger charge is 2.13. The summed E-state index contributed by atoms with van der Waals surface area (Å²) in [7, 11) is 0. The highest BCUT2D eigenvalue weighted by molar-refractivity contribution is 7.81. The third-order valence-corrected chi connectivity index (χ3v) is 3.91. The standard InChI is InChI=1S/C20H15N5OS/c21-12-17(20(27)25-15-4-2-1-3-5-15)19(26)14-6-8-16(9-7-14)24-18-13-22-10-11-23-18/h1-11,13,26H,(H,23,24)(H,25,27)/b19-17+. The molecule has 0 saturated carbocycles. The van der Waals surface area contributed by atoms with Crippen molar-refractivity contribution in [2.75, 3.05) is 10.6 Å². The normalized spacial score (nSPS) is 11.1. The summed E-state index contributed by atoms with van der Waals surface area (Å²) in [6.45, 7) is 0. The highest BCUT2D eigenvalue weighted by Crippen LogP contribution is 2.21. The molecule has 3 aromatic rings. The van der Waals surface area contributed by atoms with Gasteiger partial charge in [0.05, 0.1) is 6.20 Å². The molecule has 2 aromatic carbocycles. The van der Waals surface area contributed by atoms with Crippen LogP contribution in [0.25, 0.3) is 5.76 Å². The summed E-state index contributed by atoms with van der Waals surface area (Å²) in [6, 6.07) is 18.1. The maximum absolute atomic E-state index is 10.5. The van der Waals surface area contributed by atoms with Gasteiger partial charge in [-0.3, -0.25) is 4.98 Å². The van der Waals surface area contributed by atoms with Crippen molar-refractivity contribution in [3.8, 4) is 6.07 Å². The number of hydrogen-bond acceptors (Lipinski definition) is 6. The second kappa shape index (κ2) is 8.56. The molecule has 0 amide bonds. The van der Waals surface area contributed by atoms with Gasteiger partial charge in [0.25, 0.3) is 0 Å². The van der Waals surface area contributed by atoms with Crippen molar-refractivity contribution in [3.05, 3.63) is 84.3 Å². The van der Waals surface area contributed by atoms with Gasteiger partial charge < -0.3 is 15.7 Å². The van der Waals surface area contributed by atoms with Crippen molar-refractivity contribution < 1.29 is 5.11 Å². The van der Waals surface area contributed by atoms with E-state index >= 15 is 0 Å². The number of benzene rings is 2. The summed E-state index contributed by atoms with van der Waals surface area (Å²) in [5.41, 5.74) is 2.00. The lowest BCUT2D eigenvalue weighted by Gasteiger charge is -2.10. The SMILES string of the molecule is N#C/C(C(=S)Nc1ccccc1)=C(\O)c1ccc(Nc2cnccn2)cc1. The van der Waals surface area contributed by atoms with Crippen molar-refractivity contribution >= 4 is 40.2 Å². The van der Waals surface area contributed by atoms with E-state index in [9.17, 15) is 10.4 Å². The molecule has 0 bridgehead atoms. The minimum absolute atomic E-state index is 0.00323. The van der Waals surface area contributed by atoms with E-state index in [4.69, 9.17) is 12.2 Å². The molecule has 0 fully saturated rings. The molecule has 0 saturated heterocycles. The smallest absolute Gasteiger partial charge is 0.148 e. The van der Waals surface area contributed by atoms with Crippen molar-refractivity contribution in [2.45, 2.75) is 0 Å². The molecule has 6 nitrogen and oxygen atoms in total. The van der Waals surface area contributed by atoms with Crippen LogP contribution in [0, 0.1) is 11.3 Å². The summed E-state index contributed by atoms with van der Waals surface area (Å²) in [5.74, 6) is 0.424. The number of aliphatic hydroxyl groups excluding tert-OH is 1. The molecule has 3 N–H and O–H groups in total. The Labute approximate surface area is 161 Å². The van der Waals surface area contributed by atoms with E-state index in [2.05, 4.69) is 20.6 Å². The van der Waals surface area contributed by atoms with Gasteiger partial charge >= 0.3 is 0 Å². The van der Waals surface area contributed by atoms with Crippen molar-refractivity contribution in [2.24, 2.45) is 0 Å². The fraction of sp³-hybridized carbons (Fsp3) is 0. The fourth-order valence-electron chi connectivity index (χ4n) is 2.29. The average molecular weight is 373 g/mol. The quantitative estimate of drug-likeness (QED) is 0.263. The van der Waals surface area contributed by atoms with E-state index in [1.165, 1.54) is 0 Å². The van der Waals surface area contributed by atoms with Crippen LogP contribution in [0.15, 0.2) is 78.8 Å². The predicted octanol–water partition coefficient (Wildman–Crippen LogP) is 4.45. The molecule has 0 spiro atoms. The van der Waals surface area contributed by atoms with Gasteiger partial charge in [-0.25, -0.2) is 4.98 Å². The lowest BCUT2D eigenvalue weighted by Crippen LogP contribution is -2.12.